The number of hydrogen-bond acceptors (Lipinski definition) is 4. The minimum Gasteiger partial charge on any atom is -0.456 e. The van der Waals surface area contributed by atoms with Crippen molar-refractivity contribution >= 4 is 5.97 Å². The molecule has 0 amide bonds. The predicted octanol–water partition coefficient (Wildman–Crippen LogP) is 1.26. The standard InChI is InChI=1S/C12H22O4/c1-8(2)11(15)16-10(9(14)7-13)6-12(3,4)5/h9-10,13-14H,1,6-7H2,2-5H3. The zero-order valence-electron chi connectivity index (χ0n) is 10.5. The Morgan fingerprint density at radius 2 is 1.94 bits per heavy atom. The van der Waals surface area contributed by atoms with E-state index in [-0.39, 0.29) is 11.0 Å². The molecule has 0 saturated carbocycles. The van der Waals surface area contributed by atoms with Crippen LogP contribution in [0.2, 0.25) is 0 Å². The summed E-state index contributed by atoms with van der Waals surface area (Å²) >= 11 is 0. The molecule has 0 aromatic heterocycles. The molecule has 2 atom stereocenters. The zero-order chi connectivity index (χ0) is 12.9. The Balaban J connectivity index is 4.56. The molecule has 2 N–H and O–H groups in total. The van der Waals surface area contributed by atoms with Gasteiger partial charge in [0, 0.05) is 5.57 Å². The van der Waals surface area contributed by atoms with Crippen LogP contribution in [0.1, 0.15) is 34.1 Å². The number of carbonyl (C=O) groups excluding carboxylic acids is 1. The van der Waals surface area contributed by atoms with Crippen molar-refractivity contribution in [2.75, 3.05) is 6.61 Å². The van der Waals surface area contributed by atoms with Crippen LogP contribution in [-0.2, 0) is 9.53 Å². The van der Waals surface area contributed by atoms with Crippen molar-refractivity contribution in [3.05, 3.63) is 12.2 Å². The third-order valence-corrected chi connectivity index (χ3v) is 2.04. The number of aliphatic hydroxyl groups excluding tert-OH is 2. The Labute approximate surface area is 96.9 Å². The van der Waals surface area contributed by atoms with Crippen LogP contribution in [0.15, 0.2) is 12.2 Å². The maximum atomic E-state index is 11.3. The zero-order valence-corrected chi connectivity index (χ0v) is 10.5. The lowest BCUT2D eigenvalue weighted by molar-refractivity contribution is -0.154. The monoisotopic (exact) mass is 230 g/mol. The van der Waals surface area contributed by atoms with Crippen molar-refractivity contribution in [2.24, 2.45) is 5.41 Å². The summed E-state index contributed by atoms with van der Waals surface area (Å²) in [6.45, 7) is 10.5. The van der Waals surface area contributed by atoms with Gasteiger partial charge in [-0.3, -0.25) is 0 Å². The molecule has 94 valence electrons. The quantitative estimate of drug-likeness (QED) is 0.551. The summed E-state index contributed by atoms with van der Waals surface area (Å²) in [5, 5.41) is 18.4. The smallest absolute Gasteiger partial charge is 0.333 e. The topological polar surface area (TPSA) is 66.8 Å². The summed E-state index contributed by atoms with van der Waals surface area (Å²) in [5.74, 6) is -0.540. The molecule has 0 bridgehead atoms. The van der Waals surface area contributed by atoms with Crippen molar-refractivity contribution in [3.8, 4) is 0 Å². The molecule has 0 saturated heterocycles. The first-order chi connectivity index (χ1) is 7.17. The fraction of sp³-hybridized carbons (Fsp3) is 0.750. The molecule has 0 fully saturated rings. The van der Waals surface area contributed by atoms with Crippen molar-refractivity contribution < 1.29 is 19.7 Å². The Kier molecular flexibility index (Phi) is 5.68. The second-order valence-electron chi connectivity index (χ2n) is 5.24. The predicted molar refractivity (Wildman–Crippen MR) is 61.9 cm³/mol. The lowest BCUT2D eigenvalue weighted by atomic mass is 9.87. The van der Waals surface area contributed by atoms with Crippen molar-refractivity contribution in [1.82, 2.24) is 0 Å². The minimum atomic E-state index is -1.05. The SMILES string of the molecule is C=C(C)C(=O)OC(CC(C)(C)C)C(O)CO. The largest absolute Gasteiger partial charge is 0.456 e. The van der Waals surface area contributed by atoms with E-state index in [0.717, 1.165) is 0 Å². The number of ether oxygens (including phenoxy) is 1. The molecule has 2 unspecified atom stereocenters. The molecular weight excluding hydrogens is 208 g/mol. The van der Waals surface area contributed by atoms with Crippen LogP contribution in [0.5, 0.6) is 0 Å². The first-order valence-electron chi connectivity index (χ1n) is 5.33. The lowest BCUT2D eigenvalue weighted by Crippen LogP contribution is -2.37. The Morgan fingerprint density at radius 1 is 1.44 bits per heavy atom. The summed E-state index contributed by atoms with van der Waals surface area (Å²) in [4.78, 5) is 11.3. The number of carbonyl (C=O) groups is 1. The highest BCUT2D eigenvalue weighted by Crippen LogP contribution is 2.24. The number of hydrogen-bond donors (Lipinski definition) is 2. The van der Waals surface area contributed by atoms with E-state index in [1.54, 1.807) is 6.92 Å². The van der Waals surface area contributed by atoms with Crippen LogP contribution < -0.4 is 0 Å². The van der Waals surface area contributed by atoms with E-state index in [1.165, 1.54) is 0 Å². The second kappa shape index (κ2) is 6.01. The van der Waals surface area contributed by atoms with Gasteiger partial charge >= 0.3 is 5.97 Å². The van der Waals surface area contributed by atoms with Gasteiger partial charge in [-0.15, -0.1) is 0 Å². The Bertz CT molecular complexity index is 252. The highest BCUT2D eigenvalue weighted by Gasteiger charge is 2.28. The van der Waals surface area contributed by atoms with E-state index in [9.17, 15) is 9.90 Å². The van der Waals surface area contributed by atoms with Crippen molar-refractivity contribution in [1.29, 1.82) is 0 Å². The van der Waals surface area contributed by atoms with E-state index >= 15 is 0 Å². The van der Waals surface area contributed by atoms with Crippen LogP contribution in [0.3, 0.4) is 0 Å². The van der Waals surface area contributed by atoms with Crippen LogP contribution >= 0.6 is 0 Å². The van der Waals surface area contributed by atoms with Gasteiger partial charge in [0.15, 0.2) is 0 Å². The summed E-state index contributed by atoms with van der Waals surface area (Å²) in [6, 6.07) is 0. The fourth-order valence-electron chi connectivity index (χ4n) is 1.22. The van der Waals surface area contributed by atoms with Gasteiger partial charge in [0.05, 0.1) is 6.61 Å². The highest BCUT2D eigenvalue weighted by atomic mass is 16.6. The molecule has 0 aliphatic rings. The second-order valence-corrected chi connectivity index (χ2v) is 5.24. The van der Waals surface area contributed by atoms with Gasteiger partial charge in [-0.2, -0.15) is 0 Å². The summed E-state index contributed by atoms with van der Waals surface area (Å²) in [5.41, 5.74) is 0.181. The van der Waals surface area contributed by atoms with E-state index in [0.29, 0.717) is 6.42 Å². The van der Waals surface area contributed by atoms with Gasteiger partial charge in [-0.1, -0.05) is 27.4 Å². The van der Waals surface area contributed by atoms with Crippen LogP contribution in [0.4, 0.5) is 0 Å². The molecule has 0 aliphatic heterocycles. The fourth-order valence-corrected chi connectivity index (χ4v) is 1.22. The molecule has 16 heavy (non-hydrogen) atoms. The Hall–Kier alpha value is -0.870. The third-order valence-electron chi connectivity index (χ3n) is 2.04. The lowest BCUT2D eigenvalue weighted by Gasteiger charge is -2.28. The molecule has 0 heterocycles. The van der Waals surface area contributed by atoms with Crippen LogP contribution in [0, 0.1) is 5.41 Å². The van der Waals surface area contributed by atoms with Crippen molar-refractivity contribution in [2.45, 2.75) is 46.3 Å². The molecule has 0 aromatic rings. The van der Waals surface area contributed by atoms with Gasteiger partial charge < -0.3 is 14.9 Å². The molecule has 4 nitrogen and oxygen atoms in total. The molecule has 0 radical (unpaired) electrons. The molecular formula is C12H22O4. The molecule has 0 aromatic carbocycles. The van der Waals surface area contributed by atoms with Gasteiger partial charge in [0.25, 0.3) is 0 Å². The summed E-state index contributed by atoms with van der Waals surface area (Å²) in [7, 11) is 0. The minimum absolute atomic E-state index is 0.101. The first kappa shape index (κ1) is 15.1. The molecule has 0 aliphatic carbocycles. The van der Waals surface area contributed by atoms with Gasteiger partial charge in [0.2, 0.25) is 0 Å². The number of aliphatic hydroxyl groups is 2. The van der Waals surface area contributed by atoms with Crippen LogP contribution in [0.25, 0.3) is 0 Å². The first-order valence-corrected chi connectivity index (χ1v) is 5.33. The van der Waals surface area contributed by atoms with E-state index in [4.69, 9.17) is 9.84 Å². The molecule has 0 spiro atoms. The van der Waals surface area contributed by atoms with E-state index < -0.39 is 24.8 Å². The normalized spacial score (nSPS) is 15.4. The van der Waals surface area contributed by atoms with Gasteiger partial charge in [0.1, 0.15) is 12.2 Å². The molecule has 0 rings (SSSR count). The van der Waals surface area contributed by atoms with Gasteiger partial charge in [-0.25, -0.2) is 4.79 Å². The highest BCUT2D eigenvalue weighted by molar-refractivity contribution is 5.87. The third kappa shape index (κ3) is 5.88. The number of esters is 1. The summed E-state index contributed by atoms with van der Waals surface area (Å²) < 4.78 is 5.09. The average molecular weight is 230 g/mol. The molecule has 4 heteroatoms. The van der Waals surface area contributed by atoms with E-state index in [1.807, 2.05) is 20.8 Å². The number of rotatable bonds is 5. The summed E-state index contributed by atoms with van der Waals surface area (Å²) in [6.07, 6.45) is -1.27. The maximum absolute atomic E-state index is 11.3. The van der Waals surface area contributed by atoms with Crippen LogP contribution in [-0.4, -0.2) is 35.0 Å². The maximum Gasteiger partial charge on any atom is 0.333 e. The van der Waals surface area contributed by atoms with E-state index in [2.05, 4.69) is 6.58 Å². The van der Waals surface area contributed by atoms with Crippen molar-refractivity contribution in [3.63, 3.8) is 0 Å². The Morgan fingerprint density at radius 3 is 2.25 bits per heavy atom. The average Bonchev–Trinajstić information content (AvgIpc) is 2.13. The van der Waals surface area contributed by atoms with Gasteiger partial charge in [-0.05, 0) is 18.8 Å².